The first-order valence-corrected chi connectivity index (χ1v) is 5.93. The standard InChI is InChI=1S/C14H10F6N2/c15-13(16,17)9-1-7(3-11(21)5-9)8-2-10(14(18,19)20)6-12(22)4-8/h1-6H,21-22H2. The molecule has 0 unspecified atom stereocenters. The molecule has 0 bridgehead atoms. The Morgan fingerprint density at radius 3 is 1.14 bits per heavy atom. The minimum absolute atomic E-state index is 0.0925. The van der Waals surface area contributed by atoms with Crippen LogP contribution in [0.5, 0.6) is 0 Å². The fraction of sp³-hybridized carbons (Fsp3) is 0.143. The SMILES string of the molecule is Nc1cc(-c2cc(N)cc(C(F)(F)F)c2)cc(C(F)(F)F)c1. The fourth-order valence-electron chi connectivity index (χ4n) is 1.96. The minimum Gasteiger partial charge on any atom is -0.399 e. The Labute approximate surface area is 121 Å². The molecule has 0 saturated carbocycles. The third kappa shape index (κ3) is 3.44. The summed E-state index contributed by atoms with van der Waals surface area (Å²) in [6, 6.07) is 5.19. The average Bonchev–Trinajstić information content (AvgIpc) is 2.35. The van der Waals surface area contributed by atoms with Crippen molar-refractivity contribution in [1.82, 2.24) is 0 Å². The Kier molecular flexibility index (Phi) is 3.72. The maximum absolute atomic E-state index is 12.8. The lowest BCUT2D eigenvalue weighted by Crippen LogP contribution is -2.07. The maximum atomic E-state index is 12.8. The Balaban J connectivity index is 2.62. The molecule has 0 amide bonds. The number of halogens is 6. The summed E-state index contributed by atoms with van der Waals surface area (Å²) in [5.74, 6) is 0. The highest BCUT2D eigenvalue weighted by Gasteiger charge is 2.33. The van der Waals surface area contributed by atoms with Crippen LogP contribution in [-0.4, -0.2) is 0 Å². The molecule has 2 nitrogen and oxygen atoms in total. The summed E-state index contributed by atoms with van der Waals surface area (Å²) >= 11 is 0. The molecule has 0 atom stereocenters. The van der Waals surface area contributed by atoms with Gasteiger partial charge in [-0.2, -0.15) is 26.3 Å². The minimum atomic E-state index is -4.66. The van der Waals surface area contributed by atoms with Gasteiger partial charge in [-0.3, -0.25) is 0 Å². The zero-order chi connectivity index (χ0) is 16.7. The molecule has 0 aromatic heterocycles. The molecule has 0 fully saturated rings. The predicted molar refractivity (Wildman–Crippen MR) is 70.7 cm³/mol. The molecule has 0 spiro atoms. The van der Waals surface area contributed by atoms with Crippen LogP contribution in [0, 0.1) is 0 Å². The number of anilines is 2. The van der Waals surface area contributed by atoms with Gasteiger partial charge in [0, 0.05) is 11.4 Å². The normalized spacial score (nSPS) is 12.5. The Morgan fingerprint density at radius 2 is 0.864 bits per heavy atom. The van der Waals surface area contributed by atoms with Gasteiger partial charge in [0.2, 0.25) is 0 Å². The second-order valence-corrected chi connectivity index (χ2v) is 4.68. The molecule has 4 N–H and O–H groups in total. The van der Waals surface area contributed by atoms with Crippen LogP contribution < -0.4 is 11.5 Å². The smallest absolute Gasteiger partial charge is 0.399 e. The summed E-state index contributed by atoms with van der Waals surface area (Å²) in [5, 5.41) is 0. The number of nitrogens with two attached hydrogens (primary N) is 2. The van der Waals surface area contributed by atoms with Crippen molar-refractivity contribution in [2.45, 2.75) is 12.4 Å². The Bertz CT molecular complexity index is 642. The lowest BCUT2D eigenvalue weighted by Gasteiger charge is -2.13. The summed E-state index contributed by atoms with van der Waals surface area (Å²) in [4.78, 5) is 0. The molecule has 2 aromatic carbocycles. The van der Waals surface area contributed by atoms with Crippen molar-refractivity contribution in [3.05, 3.63) is 47.5 Å². The van der Waals surface area contributed by atoms with E-state index in [1.54, 1.807) is 0 Å². The van der Waals surface area contributed by atoms with Gasteiger partial charge in [-0.1, -0.05) is 0 Å². The predicted octanol–water partition coefficient (Wildman–Crippen LogP) is 4.56. The van der Waals surface area contributed by atoms with Gasteiger partial charge in [-0.05, 0) is 47.5 Å². The molecule has 0 saturated heterocycles. The zero-order valence-electron chi connectivity index (χ0n) is 10.9. The van der Waals surface area contributed by atoms with E-state index in [0.29, 0.717) is 12.1 Å². The van der Waals surface area contributed by atoms with Crippen LogP contribution in [0.3, 0.4) is 0 Å². The number of hydrogen-bond acceptors (Lipinski definition) is 2. The van der Waals surface area contributed by atoms with E-state index in [1.807, 2.05) is 0 Å². The second kappa shape index (κ2) is 5.11. The molecule has 22 heavy (non-hydrogen) atoms. The highest BCUT2D eigenvalue weighted by atomic mass is 19.4. The molecular formula is C14H10F6N2. The Hall–Kier alpha value is -2.38. The summed E-state index contributed by atoms with van der Waals surface area (Å²) in [6.07, 6.45) is -9.31. The van der Waals surface area contributed by atoms with E-state index in [2.05, 4.69) is 0 Å². The number of hydrogen-bond donors (Lipinski definition) is 2. The number of benzene rings is 2. The first-order chi connectivity index (χ1) is 9.96. The Morgan fingerprint density at radius 1 is 0.545 bits per heavy atom. The van der Waals surface area contributed by atoms with E-state index in [9.17, 15) is 26.3 Å². The van der Waals surface area contributed by atoms with Crippen molar-refractivity contribution >= 4 is 11.4 Å². The third-order valence-corrected chi connectivity index (χ3v) is 2.90. The van der Waals surface area contributed by atoms with Gasteiger partial charge in [0.05, 0.1) is 11.1 Å². The molecule has 0 aliphatic carbocycles. The molecule has 118 valence electrons. The zero-order valence-corrected chi connectivity index (χ0v) is 10.9. The quantitative estimate of drug-likeness (QED) is 0.598. The van der Waals surface area contributed by atoms with Crippen LogP contribution in [0.4, 0.5) is 37.7 Å². The van der Waals surface area contributed by atoms with E-state index in [0.717, 1.165) is 24.3 Å². The van der Waals surface area contributed by atoms with Gasteiger partial charge in [0.1, 0.15) is 0 Å². The van der Waals surface area contributed by atoms with Gasteiger partial charge in [-0.15, -0.1) is 0 Å². The molecule has 0 radical (unpaired) electrons. The first kappa shape index (κ1) is 16.0. The van der Waals surface area contributed by atoms with Crippen LogP contribution in [0.15, 0.2) is 36.4 Å². The van der Waals surface area contributed by atoms with Crippen molar-refractivity contribution in [3.8, 4) is 11.1 Å². The van der Waals surface area contributed by atoms with Crippen molar-refractivity contribution in [3.63, 3.8) is 0 Å². The highest BCUT2D eigenvalue weighted by molar-refractivity contribution is 5.72. The van der Waals surface area contributed by atoms with E-state index in [-0.39, 0.29) is 22.5 Å². The van der Waals surface area contributed by atoms with Crippen LogP contribution in [-0.2, 0) is 12.4 Å². The molecule has 0 heterocycles. The summed E-state index contributed by atoms with van der Waals surface area (Å²) in [7, 11) is 0. The van der Waals surface area contributed by atoms with E-state index in [1.165, 1.54) is 0 Å². The van der Waals surface area contributed by atoms with Gasteiger partial charge >= 0.3 is 12.4 Å². The van der Waals surface area contributed by atoms with Crippen LogP contribution in [0.1, 0.15) is 11.1 Å². The monoisotopic (exact) mass is 320 g/mol. The van der Waals surface area contributed by atoms with E-state index < -0.39 is 23.5 Å². The molecule has 2 rings (SSSR count). The van der Waals surface area contributed by atoms with Gasteiger partial charge in [0.15, 0.2) is 0 Å². The number of alkyl halides is 6. The van der Waals surface area contributed by atoms with Gasteiger partial charge < -0.3 is 11.5 Å². The summed E-state index contributed by atoms with van der Waals surface area (Å²) in [6.45, 7) is 0. The van der Waals surface area contributed by atoms with Gasteiger partial charge in [0.25, 0.3) is 0 Å². The molecule has 8 heteroatoms. The average molecular weight is 320 g/mol. The highest BCUT2D eigenvalue weighted by Crippen LogP contribution is 2.37. The van der Waals surface area contributed by atoms with Crippen LogP contribution in [0.2, 0.25) is 0 Å². The first-order valence-electron chi connectivity index (χ1n) is 5.93. The molecule has 0 aliphatic rings. The molecule has 0 aliphatic heterocycles. The van der Waals surface area contributed by atoms with Crippen LogP contribution in [0.25, 0.3) is 11.1 Å². The summed E-state index contributed by atoms with van der Waals surface area (Å²) in [5.41, 5.74) is 8.12. The van der Waals surface area contributed by atoms with Crippen molar-refractivity contribution < 1.29 is 26.3 Å². The van der Waals surface area contributed by atoms with Gasteiger partial charge in [-0.25, -0.2) is 0 Å². The van der Waals surface area contributed by atoms with Crippen molar-refractivity contribution in [1.29, 1.82) is 0 Å². The number of nitrogen functional groups attached to an aromatic ring is 2. The molecular weight excluding hydrogens is 310 g/mol. The van der Waals surface area contributed by atoms with Crippen molar-refractivity contribution in [2.24, 2.45) is 0 Å². The lowest BCUT2D eigenvalue weighted by molar-refractivity contribution is -0.138. The van der Waals surface area contributed by atoms with Crippen molar-refractivity contribution in [2.75, 3.05) is 11.5 Å². The van der Waals surface area contributed by atoms with Crippen LogP contribution >= 0.6 is 0 Å². The summed E-state index contributed by atoms with van der Waals surface area (Å²) < 4.78 is 76.5. The lowest BCUT2D eigenvalue weighted by atomic mass is 9.99. The van der Waals surface area contributed by atoms with E-state index in [4.69, 9.17) is 11.5 Å². The van der Waals surface area contributed by atoms with E-state index >= 15 is 0 Å². The second-order valence-electron chi connectivity index (χ2n) is 4.68. The number of rotatable bonds is 1. The third-order valence-electron chi connectivity index (χ3n) is 2.90. The molecule has 2 aromatic rings. The fourth-order valence-corrected chi connectivity index (χ4v) is 1.96. The maximum Gasteiger partial charge on any atom is 0.416 e. The largest absolute Gasteiger partial charge is 0.416 e. The topological polar surface area (TPSA) is 52.0 Å².